The Morgan fingerprint density at radius 3 is 2.30 bits per heavy atom. The molecule has 2 unspecified atom stereocenters. The third-order valence-electron chi connectivity index (χ3n) is 4.21. The van der Waals surface area contributed by atoms with Crippen LogP contribution in [0.2, 0.25) is 0 Å². The Kier molecular flexibility index (Phi) is 6.02. The second-order valence-corrected chi connectivity index (χ2v) is 5.96. The van der Waals surface area contributed by atoms with Gasteiger partial charge in [-0.3, -0.25) is 4.79 Å². The van der Waals surface area contributed by atoms with Crippen LogP contribution in [0.1, 0.15) is 50.4 Å². The molecule has 1 saturated heterocycles. The Morgan fingerprint density at radius 1 is 1.13 bits per heavy atom. The molecule has 0 bridgehead atoms. The number of likely N-dealkylation sites (tertiary alicyclic amines) is 1. The number of ether oxygens (including phenoxy) is 2. The second kappa shape index (κ2) is 7.99. The van der Waals surface area contributed by atoms with Crippen LogP contribution in [0.25, 0.3) is 0 Å². The largest absolute Gasteiger partial charge is 0.494 e. The lowest BCUT2D eigenvalue weighted by molar-refractivity contribution is -0.140. The molecule has 2 atom stereocenters. The number of rotatable bonds is 5. The van der Waals surface area contributed by atoms with E-state index < -0.39 is 5.97 Å². The number of piperidine rings is 1. The fourth-order valence-corrected chi connectivity index (χ4v) is 3.05. The van der Waals surface area contributed by atoms with Gasteiger partial charge in [0.2, 0.25) is 0 Å². The van der Waals surface area contributed by atoms with Crippen LogP contribution in [0.15, 0.2) is 24.3 Å². The van der Waals surface area contributed by atoms with Gasteiger partial charge in [0.25, 0.3) is 5.91 Å². The zero-order valence-corrected chi connectivity index (χ0v) is 14.1. The first-order valence-corrected chi connectivity index (χ1v) is 8.24. The molecular weight excluding hydrogens is 294 g/mol. The van der Waals surface area contributed by atoms with Crippen LogP contribution in [0, 0.1) is 0 Å². The van der Waals surface area contributed by atoms with E-state index in [1.807, 2.05) is 25.7 Å². The molecule has 1 amide bonds. The van der Waals surface area contributed by atoms with Crippen LogP contribution in [-0.2, 0) is 9.53 Å². The summed E-state index contributed by atoms with van der Waals surface area (Å²) in [6, 6.07) is 7.13. The predicted molar refractivity (Wildman–Crippen MR) is 87.5 cm³/mol. The number of hydrogen-bond donors (Lipinski definition) is 0. The first-order valence-electron chi connectivity index (χ1n) is 8.24. The third-order valence-corrected chi connectivity index (χ3v) is 4.21. The zero-order chi connectivity index (χ0) is 16.8. The van der Waals surface area contributed by atoms with Crippen molar-refractivity contribution in [3.8, 4) is 5.75 Å². The Bertz CT molecular complexity index is 530. The van der Waals surface area contributed by atoms with E-state index in [-0.39, 0.29) is 24.6 Å². The lowest BCUT2D eigenvalue weighted by Crippen LogP contribution is -2.49. The van der Waals surface area contributed by atoms with Gasteiger partial charge in [-0.2, -0.15) is 0 Å². The molecule has 126 valence electrons. The molecule has 5 heteroatoms. The number of carbonyl (C=O) groups is 2. The van der Waals surface area contributed by atoms with Crippen molar-refractivity contribution < 1.29 is 19.1 Å². The Morgan fingerprint density at radius 2 is 1.74 bits per heavy atom. The van der Waals surface area contributed by atoms with Gasteiger partial charge < -0.3 is 14.4 Å². The highest BCUT2D eigenvalue weighted by Gasteiger charge is 2.29. The molecule has 2 rings (SSSR count). The highest BCUT2D eigenvalue weighted by molar-refractivity contribution is 5.91. The SMILES string of the molecule is CCOc1ccc(C(=O)OCC(=O)N2C(C)CCCC2C)cc1. The van der Waals surface area contributed by atoms with E-state index in [9.17, 15) is 9.59 Å². The molecule has 1 fully saturated rings. The van der Waals surface area contributed by atoms with Crippen molar-refractivity contribution in [2.75, 3.05) is 13.2 Å². The fourth-order valence-electron chi connectivity index (χ4n) is 3.05. The van der Waals surface area contributed by atoms with Gasteiger partial charge in [0, 0.05) is 12.1 Å². The van der Waals surface area contributed by atoms with Gasteiger partial charge in [-0.1, -0.05) is 0 Å². The summed E-state index contributed by atoms with van der Waals surface area (Å²) < 4.78 is 10.5. The van der Waals surface area contributed by atoms with Crippen molar-refractivity contribution in [1.82, 2.24) is 4.90 Å². The van der Waals surface area contributed by atoms with Crippen molar-refractivity contribution in [2.45, 2.75) is 52.1 Å². The molecule has 0 N–H and O–H groups in total. The van der Waals surface area contributed by atoms with E-state index in [1.165, 1.54) is 0 Å². The summed E-state index contributed by atoms with van der Waals surface area (Å²) in [7, 11) is 0. The predicted octanol–water partition coefficient (Wildman–Crippen LogP) is 3.03. The minimum absolute atomic E-state index is 0.121. The quantitative estimate of drug-likeness (QED) is 0.783. The first-order chi connectivity index (χ1) is 11.0. The topological polar surface area (TPSA) is 55.8 Å². The molecule has 0 aromatic heterocycles. The summed E-state index contributed by atoms with van der Waals surface area (Å²) in [5.41, 5.74) is 0.418. The second-order valence-electron chi connectivity index (χ2n) is 5.96. The van der Waals surface area contributed by atoms with E-state index in [0.717, 1.165) is 19.3 Å². The van der Waals surface area contributed by atoms with Crippen molar-refractivity contribution in [3.63, 3.8) is 0 Å². The summed E-state index contributed by atoms with van der Waals surface area (Å²) in [5.74, 6) is 0.0961. The van der Waals surface area contributed by atoms with Gasteiger partial charge in [-0.25, -0.2) is 4.79 Å². The Hall–Kier alpha value is -2.04. The molecule has 1 heterocycles. The lowest BCUT2D eigenvalue weighted by Gasteiger charge is -2.38. The van der Waals surface area contributed by atoms with Crippen molar-refractivity contribution in [1.29, 1.82) is 0 Å². The Labute approximate surface area is 137 Å². The molecule has 1 aromatic carbocycles. The first kappa shape index (κ1) is 17.3. The van der Waals surface area contributed by atoms with Crippen LogP contribution in [0.3, 0.4) is 0 Å². The maximum absolute atomic E-state index is 12.3. The van der Waals surface area contributed by atoms with Crippen molar-refractivity contribution >= 4 is 11.9 Å². The third kappa shape index (κ3) is 4.47. The van der Waals surface area contributed by atoms with E-state index in [0.29, 0.717) is 17.9 Å². The molecule has 23 heavy (non-hydrogen) atoms. The van der Waals surface area contributed by atoms with Crippen LogP contribution in [-0.4, -0.2) is 42.1 Å². The number of benzene rings is 1. The van der Waals surface area contributed by atoms with Crippen molar-refractivity contribution in [3.05, 3.63) is 29.8 Å². The van der Waals surface area contributed by atoms with Crippen LogP contribution < -0.4 is 4.74 Å². The standard InChI is InChI=1S/C18H25NO4/c1-4-22-16-10-8-15(9-11-16)18(21)23-12-17(20)19-13(2)6-5-7-14(19)3/h8-11,13-14H,4-7,12H2,1-3H3. The zero-order valence-electron chi connectivity index (χ0n) is 14.1. The minimum atomic E-state index is -0.487. The summed E-state index contributed by atoms with van der Waals surface area (Å²) in [5, 5.41) is 0. The average Bonchev–Trinajstić information content (AvgIpc) is 2.53. The van der Waals surface area contributed by atoms with Gasteiger partial charge in [-0.15, -0.1) is 0 Å². The molecule has 0 spiro atoms. The van der Waals surface area contributed by atoms with Crippen LogP contribution in [0.5, 0.6) is 5.75 Å². The summed E-state index contributed by atoms with van der Waals surface area (Å²) in [4.78, 5) is 26.2. The van der Waals surface area contributed by atoms with E-state index >= 15 is 0 Å². The molecule has 5 nitrogen and oxygen atoms in total. The summed E-state index contributed by atoms with van der Waals surface area (Å²) >= 11 is 0. The highest BCUT2D eigenvalue weighted by Crippen LogP contribution is 2.22. The minimum Gasteiger partial charge on any atom is -0.494 e. The molecule has 1 aliphatic heterocycles. The number of hydrogen-bond acceptors (Lipinski definition) is 4. The smallest absolute Gasteiger partial charge is 0.338 e. The van der Waals surface area contributed by atoms with Gasteiger partial charge in [0.05, 0.1) is 12.2 Å². The van der Waals surface area contributed by atoms with Gasteiger partial charge in [0.15, 0.2) is 6.61 Å². The van der Waals surface area contributed by atoms with Gasteiger partial charge >= 0.3 is 5.97 Å². The normalized spacial score (nSPS) is 20.9. The molecule has 0 saturated carbocycles. The van der Waals surface area contributed by atoms with E-state index in [2.05, 4.69) is 0 Å². The molecule has 1 aromatic rings. The van der Waals surface area contributed by atoms with Crippen molar-refractivity contribution in [2.24, 2.45) is 0 Å². The average molecular weight is 319 g/mol. The van der Waals surface area contributed by atoms with Gasteiger partial charge in [-0.05, 0) is 64.3 Å². The summed E-state index contributed by atoms with van der Waals surface area (Å²) in [6.07, 6.45) is 3.14. The fraction of sp³-hybridized carbons (Fsp3) is 0.556. The molecule has 0 radical (unpaired) electrons. The van der Waals surface area contributed by atoms with E-state index in [1.54, 1.807) is 24.3 Å². The molecular formula is C18H25NO4. The number of carbonyl (C=O) groups excluding carboxylic acids is 2. The Balaban J connectivity index is 1.89. The van der Waals surface area contributed by atoms with Gasteiger partial charge in [0.1, 0.15) is 5.75 Å². The maximum atomic E-state index is 12.3. The maximum Gasteiger partial charge on any atom is 0.338 e. The molecule has 0 aliphatic carbocycles. The van der Waals surface area contributed by atoms with Crippen LogP contribution in [0.4, 0.5) is 0 Å². The number of amides is 1. The monoisotopic (exact) mass is 319 g/mol. The van der Waals surface area contributed by atoms with E-state index in [4.69, 9.17) is 9.47 Å². The lowest BCUT2D eigenvalue weighted by atomic mass is 9.97. The van der Waals surface area contributed by atoms with Crippen LogP contribution >= 0.6 is 0 Å². The highest BCUT2D eigenvalue weighted by atomic mass is 16.5. The number of nitrogens with zero attached hydrogens (tertiary/aromatic N) is 1. The number of esters is 1. The molecule has 1 aliphatic rings. The summed E-state index contributed by atoms with van der Waals surface area (Å²) in [6.45, 7) is 6.35.